The first-order chi connectivity index (χ1) is 12.0. The van der Waals surface area contributed by atoms with Crippen LogP contribution >= 0.6 is 0 Å². The fourth-order valence-electron chi connectivity index (χ4n) is 2.19. The number of para-hydroxylation sites is 1. The first-order valence-electron chi connectivity index (χ1n) is 7.27. The molecule has 4 N–H and O–H groups in total. The molecule has 0 bridgehead atoms. The molecule has 132 valence electrons. The van der Waals surface area contributed by atoms with Crippen LogP contribution in [0.3, 0.4) is 0 Å². The highest BCUT2D eigenvalue weighted by Gasteiger charge is 2.16. The molecule has 2 aromatic rings. The highest BCUT2D eigenvalue weighted by molar-refractivity contribution is 6.10. The van der Waals surface area contributed by atoms with E-state index in [2.05, 4.69) is 10.6 Å². The van der Waals surface area contributed by atoms with Gasteiger partial charge in [0.05, 0.1) is 32.6 Å². The maximum Gasteiger partial charge on any atom is 0.326 e. The molecule has 2 aromatic carbocycles. The molecule has 2 rings (SSSR count). The first kappa shape index (κ1) is 17.9. The van der Waals surface area contributed by atoms with Crippen molar-refractivity contribution in [1.29, 1.82) is 0 Å². The third-order valence-electron chi connectivity index (χ3n) is 3.36. The average Bonchev–Trinajstić information content (AvgIpc) is 2.60. The van der Waals surface area contributed by atoms with Crippen molar-refractivity contribution >= 4 is 23.3 Å². The second-order valence-corrected chi connectivity index (χ2v) is 4.91. The second kappa shape index (κ2) is 7.91. The lowest BCUT2D eigenvalue weighted by atomic mass is 10.2. The number of ether oxygens (including phenoxy) is 3. The van der Waals surface area contributed by atoms with E-state index in [0.29, 0.717) is 22.9 Å². The van der Waals surface area contributed by atoms with Crippen molar-refractivity contribution in [1.82, 2.24) is 5.32 Å². The number of amides is 3. The fourth-order valence-corrected chi connectivity index (χ4v) is 2.19. The van der Waals surface area contributed by atoms with E-state index in [1.807, 2.05) is 0 Å². The van der Waals surface area contributed by atoms with E-state index in [1.54, 1.807) is 30.3 Å². The number of carbonyl (C=O) groups excluding carboxylic acids is 2. The zero-order valence-electron chi connectivity index (χ0n) is 14.1. The Bertz CT molecular complexity index is 767. The van der Waals surface area contributed by atoms with E-state index in [9.17, 15) is 9.59 Å². The van der Waals surface area contributed by atoms with Gasteiger partial charge in [0, 0.05) is 17.8 Å². The third-order valence-corrected chi connectivity index (χ3v) is 3.36. The Balaban J connectivity index is 2.15. The number of nitrogens with one attached hydrogen (secondary N) is 2. The van der Waals surface area contributed by atoms with E-state index in [-0.39, 0.29) is 11.3 Å². The van der Waals surface area contributed by atoms with Crippen molar-refractivity contribution in [2.24, 2.45) is 0 Å². The Kier molecular flexibility index (Phi) is 5.67. The molecular weight excluding hydrogens is 326 g/mol. The Labute approximate surface area is 144 Å². The number of nitrogen functional groups attached to an aromatic ring is 1. The average molecular weight is 345 g/mol. The van der Waals surface area contributed by atoms with Crippen LogP contribution in [0, 0.1) is 0 Å². The summed E-state index contributed by atoms with van der Waals surface area (Å²) in [4.78, 5) is 24.2. The molecule has 8 nitrogen and oxygen atoms in total. The van der Waals surface area contributed by atoms with Gasteiger partial charge < -0.3 is 25.3 Å². The van der Waals surface area contributed by atoms with Crippen LogP contribution in [-0.4, -0.2) is 33.3 Å². The van der Waals surface area contributed by atoms with Gasteiger partial charge in [0.25, 0.3) is 5.91 Å². The summed E-state index contributed by atoms with van der Waals surface area (Å²) in [6.07, 6.45) is 0. The van der Waals surface area contributed by atoms with E-state index < -0.39 is 11.9 Å². The Hall–Kier alpha value is -3.42. The molecule has 0 saturated heterocycles. The zero-order valence-corrected chi connectivity index (χ0v) is 14.1. The van der Waals surface area contributed by atoms with Gasteiger partial charge in [-0.15, -0.1) is 0 Å². The number of hydrogen-bond acceptors (Lipinski definition) is 6. The van der Waals surface area contributed by atoms with Gasteiger partial charge in [0.1, 0.15) is 0 Å². The van der Waals surface area contributed by atoms with Gasteiger partial charge >= 0.3 is 6.03 Å². The molecule has 0 saturated carbocycles. The highest BCUT2D eigenvalue weighted by Crippen LogP contribution is 2.39. The van der Waals surface area contributed by atoms with E-state index in [4.69, 9.17) is 19.9 Å². The van der Waals surface area contributed by atoms with Gasteiger partial charge in [-0.25, -0.2) is 4.79 Å². The van der Waals surface area contributed by atoms with Crippen LogP contribution in [0.15, 0.2) is 36.4 Å². The van der Waals surface area contributed by atoms with Crippen molar-refractivity contribution in [2.45, 2.75) is 0 Å². The number of methoxy groups -OCH3 is 3. The lowest BCUT2D eigenvalue weighted by Crippen LogP contribution is -2.34. The topological polar surface area (TPSA) is 112 Å². The molecule has 3 amide bonds. The van der Waals surface area contributed by atoms with Crippen LogP contribution in [0.4, 0.5) is 16.2 Å². The molecule has 0 atom stereocenters. The van der Waals surface area contributed by atoms with E-state index in [1.165, 1.54) is 27.4 Å². The lowest BCUT2D eigenvalue weighted by molar-refractivity contribution is 0.0968. The van der Waals surface area contributed by atoms with Gasteiger partial charge in [-0.3, -0.25) is 10.1 Å². The first-order valence-corrected chi connectivity index (χ1v) is 7.27. The van der Waals surface area contributed by atoms with Crippen LogP contribution in [0.25, 0.3) is 0 Å². The fraction of sp³-hybridized carbons (Fsp3) is 0.176. The van der Waals surface area contributed by atoms with E-state index >= 15 is 0 Å². The normalized spacial score (nSPS) is 9.88. The second-order valence-electron chi connectivity index (χ2n) is 4.91. The minimum Gasteiger partial charge on any atom is -0.493 e. The molecule has 0 unspecified atom stereocenters. The van der Waals surface area contributed by atoms with Gasteiger partial charge in [-0.05, 0) is 12.1 Å². The molecule has 0 aromatic heterocycles. The summed E-state index contributed by atoms with van der Waals surface area (Å²) in [7, 11) is 4.40. The van der Waals surface area contributed by atoms with Crippen molar-refractivity contribution in [3.05, 3.63) is 42.0 Å². The van der Waals surface area contributed by atoms with Crippen LogP contribution in [0.2, 0.25) is 0 Å². The van der Waals surface area contributed by atoms with Crippen molar-refractivity contribution < 1.29 is 23.8 Å². The summed E-state index contributed by atoms with van der Waals surface area (Å²) in [5, 5.41) is 4.74. The predicted octanol–water partition coefficient (Wildman–Crippen LogP) is 2.26. The number of benzene rings is 2. The molecule has 0 aliphatic heterocycles. The highest BCUT2D eigenvalue weighted by atomic mass is 16.5. The minimum atomic E-state index is -0.720. The maximum atomic E-state index is 12.1. The van der Waals surface area contributed by atoms with Crippen molar-refractivity contribution in [3.63, 3.8) is 0 Å². The summed E-state index contributed by atoms with van der Waals surface area (Å²) < 4.78 is 15.6. The maximum absolute atomic E-state index is 12.1. The Morgan fingerprint density at radius 2 is 1.56 bits per heavy atom. The molecule has 0 aliphatic carbocycles. The number of hydrogen-bond donors (Lipinski definition) is 3. The van der Waals surface area contributed by atoms with E-state index in [0.717, 1.165) is 0 Å². The summed E-state index contributed by atoms with van der Waals surface area (Å²) in [6, 6.07) is 8.82. The summed E-state index contributed by atoms with van der Waals surface area (Å²) in [5.74, 6) is 0.527. The number of carbonyl (C=O) groups is 2. The standard InChI is InChI=1S/C17H19N3O5/c1-23-13-8-10(9-14(24-2)15(13)25-3)19-17(22)20-16(21)11-6-4-5-7-12(11)18/h4-9H,18H2,1-3H3,(H2,19,20,21,22). The van der Waals surface area contributed by atoms with Crippen LogP contribution < -0.4 is 30.6 Å². The molecule has 25 heavy (non-hydrogen) atoms. The quantitative estimate of drug-likeness (QED) is 0.717. The summed E-state index contributed by atoms with van der Waals surface area (Å²) in [5.41, 5.74) is 6.57. The summed E-state index contributed by atoms with van der Waals surface area (Å²) >= 11 is 0. The van der Waals surface area contributed by atoms with Crippen molar-refractivity contribution in [2.75, 3.05) is 32.4 Å². The van der Waals surface area contributed by atoms with Gasteiger partial charge in [-0.2, -0.15) is 0 Å². The zero-order chi connectivity index (χ0) is 18.4. The van der Waals surface area contributed by atoms with Gasteiger partial charge in [0.2, 0.25) is 5.75 Å². The lowest BCUT2D eigenvalue weighted by Gasteiger charge is -2.14. The number of nitrogens with two attached hydrogens (primary N) is 1. The Morgan fingerprint density at radius 1 is 0.960 bits per heavy atom. The molecular formula is C17H19N3O5. The molecule has 8 heteroatoms. The van der Waals surface area contributed by atoms with Crippen molar-refractivity contribution in [3.8, 4) is 17.2 Å². The molecule has 0 fully saturated rings. The minimum absolute atomic E-state index is 0.211. The molecule has 0 heterocycles. The smallest absolute Gasteiger partial charge is 0.326 e. The SMILES string of the molecule is COc1cc(NC(=O)NC(=O)c2ccccc2N)cc(OC)c1OC. The number of imide groups is 1. The number of rotatable bonds is 5. The molecule has 0 spiro atoms. The van der Waals surface area contributed by atoms with Crippen LogP contribution in [-0.2, 0) is 0 Å². The summed E-state index contributed by atoms with van der Waals surface area (Å²) in [6.45, 7) is 0. The predicted molar refractivity (Wildman–Crippen MR) is 93.4 cm³/mol. The molecule has 0 radical (unpaired) electrons. The third kappa shape index (κ3) is 4.11. The van der Waals surface area contributed by atoms with Crippen LogP contribution in [0.1, 0.15) is 10.4 Å². The number of anilines is 2. The largest absolute Gasteiger partial charge is 0.493 e. The monoisotopic (exact) mass is 345 g/mol. The van der Waals surface area contributed by atoms with Gasteiger partial charge in [0.15, 0.2) is 11.5 Å². The molecule has 0 aliphatic rings. The van der Waals surface area contributed by atoms with Gasteiger partial charge in [-0.1, -0.05) is 12.1 Å². The Morgan fingerprint density at radius 3 is 2.08 bits per heavy atom. The number of urea groups is 1. The van der Waals surface area contributed by atoms with Crippen LogP contribution in [0.5, 0.6) is 17.2 Å².